The maximum atomic E-state index is 12.5. The Morgan fingerprint density at radius 2 is 1.96 bits per heavy atom. The third kappa shape index (κ3) is 4.22. The number of esters is 1. The Kier molecular flexibility index (Phi) is 5.60. The molecule has 0 aromatic heterocycles. The first-order valence-corrected chi connectivity index (χ1v) is 8.05. The van der Waals surface area contributed by atoms with Crippen LogP contribution in [-0.4, -0.2) is 23.8 Å². The Morgan fingerprint density at radius 3 is 2.52 bits per heavy atom. The average molecular weight is 334 g/mol. The van der Waals surface area contributed by atoms with Gasteiger partial charge in [-0.2, -0.15) is 0 Å². The molecule has 0 saturated carbocycles. The summed E-state index contributed by atoms with van der Waals surface area (Å²) >= 11 is 5.22. The maximum absolute atomic E-state index is 12.5. The van der Waals surface area contributed by atoms with Crippen LogP contribution < -0.4 is 15.4 Å². The summed E-state index contributed by atoms with van der Waals surface area (Å²) in [7, 11) is 0. The van der Waals surface area contributed by atoms with Crippen molar-refractivity contribution in [2.45, 2.75) is 39.8 Å². The Morgan fingerprint density at radius 1 is 1.30 bits per heavy atom. The Hall–Kier alpha value is -2.08. The fourth-order valence-electron chi connectivity index (χ4n) is 2.42. The van der Waals surface area contributed by atoms with Crippen LogP contribution in [0, 0.1) is 0 Å². The lowest BCUT2D eigenvalue weighted by Gasteiger charge is -2.30. The van der Waals surface area contributed by atoms with Gasteiger partial charge in [-0.25, -0.2) is 4.79 Å². The lowest BCUT2D eigenvalue weighted by atomic mass is 9.95. The van der Waals surface area contributed by atoms with Crippen LogP contribution >= 0.6 is 12.2 Å². The molecule has 0 aliphatic carbocycles. The average Bonchev–Trinajstić information content (AvgIpc) is 2.46. The summed E-state index contributed by atoms with van der Waals surface area (Å²) in [6.45, 7) is 8.03. The van der Waals surface area contributed by atoms with E-state index in [1.807, 2.05) is 52.0 Å². The van der Waals surface area contributed by atoms with Crippen molar-refractivity contribution in [3.8, 4) is 5.75 Å². The Labute approximate surface area is 142 Å². The van der Waals surface area contributed by atoms with E-state index in [0.29, 0.717) is 23.0 Å². The van der Waals surface area contributed by atoms with Gasteiger partial charge in [-0.05, 0) is 57.6 Å². The van der Waals surface area contributed by atoms with Crippen molar-refractivity contribution >= 4 is 23.3 Å². The molecule has 124 valence electrons. The molecule has 6 heteroatoms. The minimum Gasteiger partial charge on any atom is -0.494 e. The molecule has 0 saturated heterocycles. The molecule has 0 spiro atoms. The number of thiocarbonyl (C=S) groups is 1. The highest BCUT2D eigenvalue weighted by molar-refractivity contribution is 7.80. The van der Waals surface area contributed by atoms with Gasteiger partial charge >= 0.3 is 5.97 Å². The van der Waals surface area contributed by atoms with Crippen LogP contribution in [0.2, 0.25) is 0 Å². The zero-order valence-electron chi connectivity index (χ0n) is 13.8. The molecule has 0 fully saturated rings. The first-order chi connectivity index (χ1) is 10.9. The summed E-state index contributed by atoms with van der Waals surface area (Å²) in [6.07, 6.45) is -0.183. The predicted octanol–water partition coefficient (Wildman–Crippen LogP) is 2.83. The molecular formula is C17H22N2O3S. The van der Waals surface area contributed by atoms with E-state index in [0.717, 1.165) is 11.3 Å². The van der Waals surface area contributed by atoms with Gasteiger partial charge in [-0.15, -0.1) is 0 Å². The Bertz CT molecular complexity index is 623. The summed E-state index contributed by atoms with van der Waals surface area (Å²) in [5, 5.41) is 6.62. The molecule has 0 bridgehead atoms. The molecule has 1 heterocycles. The van der Waals surface area contributed by atoms with E-state index < -0.39 is 0 Å². The van der Waals surface area contributed by atoms with Crippen LogP contribution in [0.1, 0.15) is 39.3 Å². The van der Waals surface area contributed by atoms with E-state index in [9.17, 15) is 4.79 Å². The summed E-state index contributed by atoms with van der Waals surface area (Å²) in [5.74, 6) is 0.443. The van der Waals surface area contributed by atoms with Crippen LogP contribution in [0.4, 0.5) is 0 Å². The van der Waals surface area contributed by atoms with E-state index in [4.69, 9.17) is 21.7 Å². The molecule has 23 heavy (non-hydrogen) atoms. The second-order valence-corrected chi connectivity index (χ2v) is 5.93. The standard InChI is InChI=1S/C17H22N2O3S/c1-5-21-13-8-6-12(7-9-13)15-14(16(20)22-10(2)3)11(4)18-17(23)19-15/h6-10,15H,5H2,1-4H3,(H2,18,19,23)/t15-/m0/s1. The van der Waals surface area contributed by atoms with Crippen molar-refractivity contribution in [2.75, 3.05) is 6.61 Å². The van der Waals surface area contributed by atoms with Gasteiger partial charge in [0, 0.05) is 5.70 Å². The van der Waals surface area contributed by atoms with Crippen molar-refractivity contribution in [1.82, 2.24) is 10.6 Å². The van der Waals surface area contributed by atoms with Crippen LogP contribution in [-0.2, 0) is 9.53 Å². The molecule has 5 nitrogen and oxygen atoms in total. The largest absolute Gasteiger partial charge is 0.494 e. The molecule has 0 unspecified atom stereocenters. The molecule has 0 amide bonds. The number of rotatable bonds is 5. The van der Waals surface area contributed by atoms with Crippen LogP contribution in [0.15, 0.2) is 35.5 Å². The molecule has 2 rings (SSSR count). The monoisotopic (exact) mass is 334 g/mol. The van der Waals surface area contributed by atoms with Crippen LogP contribution in [0.3, 0.4) is 0 Å². The van der Waals surface area contributed by atoms with E-state index in [2.05, 4.69) is 10.6 Å². The van der Waals surface area contributed by atoms with Crippen molar-refractivity contribution < 1.29 is 14.3 Å². The number of nitrogens with one attached hydrogen (secondary N) is 2. The number of benzene rings is 1. The highest BCUT2D eigenvalue weighted by atomic mass is 32.1. The fourth-order valence-corrected chi connectivity index (χ4v) is 2.69. The minimum atomic E-state index is -0.348. The number of allylic oxidation sites excluding steroid dienone is 1. The first kappa shape index (κ1) is 17.3. The van der Waals surface area contributed by atoms with Gasteiger partial charge in [0.2, 0.25) is 0 Å². The maximum Gasteiger partial charge on any atom is 0.338 e. The molecular weight excluding hydrogens is 312 g/mol. The van der Waals surface area contributed by atoms with E-state index in [-0.39, 0.29) is 18.1 Å². The zero-order valence-corrected chi connectivity index (χ0v) is 14.6. The van der Waals surface area contributed by atoms with Gasteiger partial charge in [0.15, 0.2) is 5.11 Å². The zero-order chi connectivity index (χ0) is 17.0. The molecule has 1 aliphatic rings. The summed E-state index contributed by atoms with van der Waals surface area (Å²) in [4.78, 5) is 12.5. The van der Waals surface area contributed by atoms with Gasteiger partial charge in [0.1, 0.15) is 5.75 Å². The van der Waals surface area contributed by atoms with Crippen molar-refractivity contribution in [2.24, 2.45) is 0 Å². The smallest absolute Gasteiger partial charge is 0.338 e. The minimum absolute atomic E-state index is 0.183. The normalized spacial score (nSPS) is 17.6. The van der Waals surface area contributed by atoms with Crippen molar-refractivity contribution in [1.29, 1.82) is 0 Å². The number of hydrogen-bond acceptors (Lipinski definition) is 4. The van der Waals surface area contributed by atoms with Gasteiger partial charge in [-0.3, -0.25) is 0 Å². The van der Waals surface area contributed by atoms with E-state index in [1.54, 1.807) is 0 Å². The highest BCUT2D eigenvalue weighted by Crippen LogP contribution is 2.29. The number of hydrogen-bond donors (Lipinski definition) is 2. The lowest BCUT2D eigenvalue weighted by Crippen LogP contribution is -2.45. The first-order valence-electron chi connectivity index (χ1n) is 7.64. The van der Waals surface area contributed by atoms with Crippen LogP contribution in [0.25, 0.3) is 0 Å². The lowest BCUT2D eigenvalue weighted by molar-refractivity contribution is -0.143. The number of carbonyl (C=O) groups is 1. The second kappa shape index (κ2) is 7.46. The summed E-state index contributed by atoms with van der Waals surface area (Å²) < 4.78 is 10.8. The van der Waals surface area contributed by atoms with Crippen LogP contribution in [0.5, 0.6) is 5.75 Å². The third-order valence-corrected chi connectivity index (χ3v) is 3.58. The molecule has 0 radical (unpaired) electrons. The summed E-state index contributed by atoms with van der Waals surface area (Å²) in [6, 6.07) is 7.27. The highest BCUT2D eigenvalue weighted by Gasteiger charge is 2.31. The van der Waals surface area contributed by atoms with E-state index in [1.165, 1.54) is 0 Å². The van der Waals surface area contributed by atoms with Crippen molar-refractivity contribution in [3.63, 3.8) is 0 Å². The quantitative estimate of drug-likeness (QED) is 0.638. The fraction of sp³-hybridized carbons (Fsp3) is 0.412. The third-order valence-electron chi connectivity index (χ3n) is 3.36. The Balaban J connectivity index is 2.34. The van der Waals surface area contributed by atoms with Gasteiger partial charge < -0.3 is 20.1 Å². The molecule has 1 aromatic carbocycles. The van der Waals surface area contributed by atoms with Gasteiger partial charge in [0.05, 0.1) is 24.3 Å². The summed E-state index contributed by atoms with van der Waals surface area (Å²) in [5.41, 5.74) is 2.17. The molecule has 1 atom stereocenters. The van der Waals surface area contributed by atoms with Gasteiger partial charge in [-0.1, -0.05) is 12.1 Å². The number of ether oxygens (including phenoxy) is 2. The number of carbonyl (C=O) groups excluding carboxylic acids is 1. The second-order valence-electron chi connectivity index (χ2n) is 5.53. The molecule has 2 N–H and O–H groups in total. The SMILES string of the molecule is CCOc1ccc([C@@H]2NC(=S)NC(C)=C2C(=O)OC(C)C)cc1. The van der Waals surface area contributed by atoms with E-state index >= 15 is 0 Å². The van der Waals surface area contributed by atoms with Gasteiger partial charge in [0.25, 0.3) is 0 Å². The predicted molar refractivity (Wildman–Crippen MR) is 93.1 cm³/mol. The topological polar surface area (TPSA) is 59.6 Å². The van der Waals surface area contributed by atoms with Crippen molar-refractivity contribution in [3.05, 3.63) is 41.1 Å². The molecule has 1 aromatic rings. The molecule has 1 aliphatic heterocycles.